The minimum absolute atomic E-state index is 0.0257. The topological polar surface area (TPSA) is 95.9 Å². The highest BCUT2D eigenvalue weighted by Gasteiger charge is 2.74. The molecule has 1 aromatic rings. The highest BCUT2D eigenvalue weighted by molar-refractivity contribution is 8.02. The number of likely N-dealkylation sites (tertiary alicyclic amines) is 1. The number of carbonyl (C=O) groups excluding carboxylic acids is 3. The highest BCUT2D eigenvalue weighted by Crippen LogP contribution is 2.67. The Hall–Kier alpha value is -2.06. The molecule has 3 fully saturated rings. The molecule has 180 valence electrons. The molecular weight excluding hydrogens is 440 g/mol. The summed E-state index contributed by atoms with van der Waals surface area (Å²) in [5.41, 5.74) is 2.64. The molecule has 2 unspecified atom stereocenters. The van der Waals surface area contributed by atoms with Crippen LogP contribution in [0.15, 0.2) is 18.2 Å². The smallest absolute Gasteiger partial charge is 0.310 e. The van der Waals surface area contributed by atoms with E-state index in [-0.39, 0.29) is 42.2 Å². The predicted octanol–water partition coefficient (Wildman–Crippen LogP) is 2.91. The van der Waals surface area contributed by atoms with E-state index in [2.05, 4.69) is 5.32 Å². The number of carbonyl (C=O) groups is 3. The fourth-order valence-corrected chi connectivity index (χ4v) is 8.27. The number of aryl methyl sites for hydroxylation is 2. The van der Waals surface area contributed by atoms with E-state index < -0.39 is 28.7 Å². The van der Waals surface area contributed by atoms with Crippen molar-refractivity contribution in [1.82, 2.24) is 4.90 Å². The fourth-order valence-electron chi connectivity index (χ4n) is 6.08. The van der Waals surface area contributed by atoms with Gasteiger partial charge in [0.15, 0.2) is 0 Å². The fraction of sp³-hybridized carbons (Fsp3) is 0.640. The molecule has 0 radical (unpaired) electrons. The number of amides is 2. The Labute approximate surface area is 199 Å². The number of esters is 1. The maximum atomic E-state index is 13.9. The number of thioether (sulfide) groups is 1. The molecular formula is C25H34N2O5S. The van der Waals surface area contributed by atoms with Crippen LogP contribution in [-0.4, -0.2) is 63.1 Å². The number of para-hydroxylation sites is 1. The molecule has 2 amide bonds. The van der Waals surface area contributed by atoms with Crippen LogP contribution in [0.4, 0.5) is 5.69 Å². The van der Waals surface area contributed by atoms with E-state index in [1.54, 1.807) is 23.6 Å². The summed E-state index contributed by atoms with van der Waals surface area (Å²) >= 11 is 1.61. The Morgan fingerprint density at radius 3 is 2.55 bits per heavy atom. The summed E-state index contributed by atoms with van der Waals surface area (Å²) in [5, 5.41) is 13.3. The second kappa shape index (κ2) is 8.95. The Morgan fingerprint density at radius 1 is 1.30 bits per heavy atom. The molecule has 3 heterocycles. The Morgan fingerprint density at radius 2 is 1.97 bits per heavy atom. The molecule has 6 atom stereocenters. The van der Waals surface area contributed by atoms with Gasteiger partial charge in [-0.15, -0.1) is 11.8 Å². The normalized spacial score (nSPS) is 31.1. The van der Waals surface area contributed by atoms with E-state index in [4.69, 9.17) is 4.74 Å². The van der Waals surface area contributed by atoms with E-state index >= 15 is 0 Å². The third-order valence-corrected chi connectivity index (χ3v) is 9.54. The summed E-state index contributed by atoms with van der Waals surface area (Å²) in [7, 11) is 0. The summed E-state index contributed by atoms with van der Waals surface area (Å²) in [6, 6.07) is 4.56. The van der Waals surface area contributed by atoms with Gasteiger partial charge in [0.1, 0.15) is 6.04 Å². The van der Waals surface area contributed by atoms with E-state index in [1.165, 1.54) is 0 Å². The van der Waals surface area contributed by atoms with Crippen molar-refractivity contribution in [2.24, 2.45) is 17.8 Å². The number of aliphatic hydroxyl groups is 1. The van der Waals surface area contributed by atoms with Crippen molar-refractivity contribution in [2.75, 3.05) is 18.5 Å². The van der Waals surface area contributed by atoms with Gasteiger partial charge in [-0.3, -0.25) is 14.4 Å². The maximum Gasteiger partial charge on any atom is 0.310 e. The zero-order valence-corrected chi connectivity index (χ0v) is 20.8. The molecule has 2 N–H and O–H groups in total. The first kappa shape index (κ1) is 24.1. The van der Waals surface area contributed by atoms with Crippen molar-refractivity contribution in [3.8, 4) is 0 Å². The quantitative estimate of drug-likeness (QED) is 0.590. The van der Waals surface area contributed by atoms with Crippen molar-refractivity contribution < 1.29 is 24.2 Å². The molecule has 33 heavy (non-hydrogen) atoms. The standard InChI is InChI=1S/C25H34N2O5S/c1-6-32-24(31)18-17-10-11-25(33-17)19(18)23(30)27(16(12-28)13(2)3)21(25)22(29)26-20-14(4)8-7-9-15(20)5/h7-9,13,16-19,21,28H,6,10-12H2,1-5H3,(H,26,29)/t16-,17-,18+,19-,21?,25?/m0/s1. The molecule has 4 rings (SSSR count). The van der Waals surface area contributed by atoms with Crippen LogP contribution in [-0.2, 0) is 19.1 Å². The number of anilines is 1. The molecule has 3 saturated heterocycles. The van der Waals surface area contributed by atoms with E-state index in [1.807, 2.05) is 45.9 Å². The van der Waals surface area contributed by atoms with Crippen LogP contribution < -0.4 is 5.32 Å². The van der Waals surface area contributed by atoms with Crippen LogP contribution in [0.1, 0.15) is 44.7 Å². The lowest BCUT2D eigenvalue weighted by molar-refractivity contribution is -0.154. The predicted molar refractivity (Wildman–Crippen MR) is 128 cm³/mol. The van der Waals surface area contributed by atoms with Gasteiger partial charge in [0.25, 0.3) is 0 Å². The molecule has 0 saturated carbocycles. The molecule has 3 aliphatic rings. The number of ether oxygens (including phenoxy) is 1. The zero-order valence-electron chi connectivity index (χ0n) is 20.0. The van der Waals surface area contributed by atoms with Crippen molar-refractivity contribution >= 4 is 35.2 Å². The van der Waals surface area contributed by atoms with Crippen LogP contribution in [0.25, 0.3) is 0 Å². The number of rotatable bonds is 7. The van der Waals surface area contributed by atoms with Crippen LogP contribution in [0.5, 0.6) is 0 Å². The second-order valence-electron chi connectivity index (χ2n) is 9.80. The van der Waals surface area contributed by atoms with Gasteiger partial charge in [0.05, 0.1) is 35.8 Å². The first-order chi connectivity index (χ1) is 15.7. The minimum Gasteiger partial charge on any atom is -0.466 e. The molecule has 7 nitrogen and oxygen atoms in total. The number of fused-ring (bicyclic) bond motifs is 1. The maximum absolute atomic E-state index is 13.9. The van der Waals surface area contributed by atoms with E-state index in [9.17, 15) is 19.5 Å². The molecule has 3 aliphatic heterocycles. The van der Waals surface area contributed by atoms with Gasteiger partial charge in [-0.25, -0.2) is 0 Å². The number of nitrogens with one attached hydrogen (secondary N) is 1. The summed E-state index contributed by atoms with van der Waals surface area (Å²) in [6.07, 6.45) is 1.45. The summed E-state index contributed by atoms with van der Waals surface area (Å²) in [6.45, 7) is 9.54. The number of nitrogens with zero attached hydrogens (tertiary/aromatic N) is 1. The van der Waals surface area contributed by atoms with E-state index in [0.717, 1.165) is 23.2 Å². The highest BCUT2D eigenvalue weighted by atomic mass is 32.2. The van der Waals surface area contributed by atoms with Gasteiger partial charge in [-0.05, 0) is 50.7 Å². The van der Waals surface area contributed by atoms with Crippen LogP contribution in [0.2, 0.25) is 0 Å². The van der Waals surface area contributed by atoms with Crippen LogP contribution in [0, 0.1) is 31.6 Å². The van der Waals surface area contributed by atoms with Gasteiger partial charge in [0.2, 0.25) is 11.8 Å². The van der Waals surface area contributed by atoms with Gasteiger partial charge >= 0.3 is 5.97 Å². The molecule has 1 aromatic carbocycles. The van der Waals surface area contributed by atoms with Crippen LogP contribution in [0.3, 0.4) is 0 Å². The average Bonchev–Trinajstić information content (AvgIpc) is 3.39. The van der Waals surface area contributed by atoms with Gasteiger partial charge in [-0.2, -0.15) is 0 Å². The second-order valence-corrected chi connectivity index (χ2v) is 11.4. The number of hydrogen-bond acceptors (Lipinski definition) is 6. The molecule has 1 spiro atoms. The Balaban J connectivity index is 1.78. The first-order valence-corrected chi connectivity index (χ1v) is 12.7. The van der Waals surface area contributed by atoms with Gasteiger partial charge < -0.3 is 20.1 Å². The van der Waals surface area contributed by atoms with Crippen molar-refractivity contribution in [3.63, 3.8) is 0 Å². The number of aliphatic hydroxyl groups excluding tert-OH is 1. The van der Waals surface area contributed by atoms with Gasteiger partial charge in [-0.1, -0.05) is 32.0 Å². The SMILES string of the molecule is CCOC(=O)[C@@H]1[C@@H]2CCC3(S2)C(C(=O)Nc2c(C)cccc2C)N([C@@H](CO)C(C)C)C(=O)[C@H]13. The number of hydrogen-bond donors (Lipinski definition) is 2. The third-order valence-electron chi connectivity index (χ3n) is 7.59. The molecule has 2 bridgehead atoms. The van der Waals surface area contributed by atoms with Gasteiger partial charge in [0, 0.05) is 10.9 Å². The molecule has 8 heteroatoms. The minimum atomic E-state index is -0.761. The molecule has 0 aromatic heterocycles. The third kappa shape index (κ3) is 3.66. The van der Waals surface area contributed by atoms with Crippen molar-refractivity contribution in [1.29, 1.82) is 0 Å². The average molecular weight is 475 g/mol. The zero-order chi connectivity index (χ0) is 24.1. The summed E-state index contributed by atoms with van der Waals surface area (Å²) in [4.78, 5) is 42.3. The molecule has 0 aliphatic carbocycles. The lowest BCUT2D eigenvalue weighted by Crippen LogP contribution is -2.56. The largest absolute Gasteiger partial charge is 0.466 e. The van der Waals surface area contributed by atoms with Crippen LogP contribution >= 0.6 is 11.8 Å². The monoisotopic (exact) mass is 474 g/mol. The lowest BCUT2D eigenvalue weighted by Gasteiger charge is -2.38. The van der Waals surface area contributed by atoms with E-state index in [0.29, 0.717) is 6.42 Å². The number of benzene rings is 1. The lowest BCUT2D eigenvalue weighted by atomic mass is 9.71. The summed E-state index contributed by atoms with van der Waals surface area (Å²) < 4.78 is 4.66. The van der Waals surface area contributed by atoms with Crippen molar-refractivity contribution in [2.45, 2.75) is 69.5 Å². The Bertz CT molecular complexity index is 946. The first-order valence-electron chi connectivity index (χ1n) is 11.8. The van der Waals surface area contributed by atoms with Crippen molar-refractivity contribution in [3.05, 3.63) is 29.3 Å². The summed E-state index contributed by atoms with van der Waals surface area (Å²) in [5.74, 6) is -2.02. The Kier molecular flexibility index (Phi) is 6.53.